The van der Waals surface area contributed by atoms with Crippen molar-refractivity contribution in [2.75, 3.05) is 19.4 Å². The zero-order valence-electron chi connectivity index (χ0n) is 19.5. The van der Waals surface area contributed by atoms with Crippen LogP contribution >= 0.6 is 0 Å². The van der Waals surface area contributed by atoms with Crippen LogP contribution in [-0.2, 0) is 11.3 Å². The van der Waals surface area contributed by atoms with E-state index in [2.05, 4.69) is 15.8 Å². The van der Waals surface area contributed by atoms with E-state index in [-0.39, 0.29) is 24.7 Å². The Morgan fingerprint density at radius 1 is 1.28 bits per heavy atom. The molecule has 11 heteroatoms. The molecule has 1 unspecified atom stereocenters. The van der Waals surface area contributed by atoms with Gasteiger partial charge in [0.1, 0.15) is 28.9 Å². The number of benzene rings is 2. The van der Waals surface area contributed by atoms with Gasteiger partial charge in [0.05, 0.1) is 12.7 Å². The number of hydrogen-bond donors (Lipinski definition) is 3. The topological polar surface area (TPSA) is 153 Å². The molecule has 11 nitrogen and oxygen atoms in total. The number of urea groups is 1. The molecule has 2 aromatic heterocycles. The molecular weight excluding hydrogens is 466 g/mol. The summed E-state index contributed by atoms with van der Waals surface area (Å²) in [6, 6.07) is 11.2. The van der Waals surface area contributed by atoms with Crippen LogP contribution in [0.25, 0.3) is 22.1 Å². The summed E-state index contributed by atoms with van der Waals surface area (Å²) >= 11 is 0. The Morgan fingerprint density at radius 3 is 2.83 bits per heavy atom. The lowest BCUT2D eigenvalue weighted by atomic mass is 10.0. The van der Waals surface area contributed by atoms with Crippen LogP contribution in [0, 0.1) is 6.92 Å². The Labute approximate surface area is 205 Å². The SMILES string of the molecule is COc1ccc2c(c1)C(=O)N(CC(NC(=O)NC=O)c1cc3cc(-c4c(N)noc4C)ccc3o1)C2. The number of anilines is 1. The minimum Gasteiger partial charge on any atom is -0.497 e. The van der Waals surface area contributed by atoms with Gasteiger partial charge in [0.25, 0.3) is 5.91 Å². The number of nitrogen functional groups attached to an aromatic ring is 1. The molecule has 1 aliphatic rings. The maximum Gasteiger partial charge on any atom is 0.321 e. The number of nitrogens with zero attached hydrogens (tertiary/aromatic N) is 2. The minimum absolute atomic E-state index is 0.118. The van der Waals surface area contributed by atoms with Crippen molar-refractivity contribution in [3.05, 3.63) is 65.1 Å². The molecule has 0 radical (unpaired) electrons. The Morgan fingerprint density at radius 2 is 2.11 bits per heavy atom. The summed E-state index contributed by atoms with van der Waals surface area (Å²) in [5, 5.41) is 9.33. The third-order valence-electron chi connectivity index (χ3n) is 6.15. The first-order chi connectivity index (χ1) is 17.4. The average molecular weight is 489 g/mol. The van der Waals surface area contributed by atoms with Crippen LogP contribution in [0.5, 0.6) is 5.75 Å². The number of nitrogens with one attached hydrogen (secondary N) is 2. The largest absolute Gasteiger partial charge is 0.497 e. The number of carbonyl (C=O) groups excluding carboxylic acids is 3. The number of carbonyl (C=O) groups is 3. The van der Waals surface area contributed by atoms with Crippen LogP contribution in [0.4, 0.5) is 10.6 Å². The van der Waals surface area contributed by atoms with Gasteiger partial charge in [-0.05, 0) is 48.4 Å². The first-order valence-corrected chi connectivity index (χ1v) is 11.1. The molecule has 5 rings (SSSR count). The third kappa shape index (κ3) is 4.11. The first kappa shape index (κ1) is 23.0. The average Bonchev–Trinajstić information content (AvgIpc) is 3.53. The van der Waals surface area contributed by atoms with Crippen molar-refractivity contribution in [1.82, 2.24) is 20.7 Å². The van der Waals surface area contributed by atoms with Crippen LogP contribution in [-0.4, -0.2) is 42.1 Å². The molecule has 0 saturated heterocycles. The monoisotopic (exact) mass is 489 g/mol. The number of rotatable bonds is 7. The molecule has 184 valence electrons. The molecule has 0 bridgehead atoms. The molecule has 0 spiro atoms. The van der Waals surface area contributed by atoms with Gasteiger partial charge in [-0.1, -0.05) is 17.3 Å². The van der Waals surface area contributed by atoms with E-state index in [1.165, 1.54) is 7.11 Å². The number of aromatic nitrogens is 1. The lowest BCUT2D eigenvalue weighted by molar-refractivity contribution is -0.108. The molecular formula is C25H23N5O6. The number of ether oxygens (including phenoxy) is 1. The molecule has 0 aliphatic carbocycles. The van der Waals surface area contributed by atoms with Crippen molar-refractivity contribution >= 4 is 35.1 Å². The van der Waals surface area contributed by atoms with E-state index in [4.69, 9.17) is 19.4 Å². The molecule has 0 saturated carbocycles. The van der Waals surface area contributed by atoms with Gasteiger partial charge < -0.3 is 29.6 Å². The predicted molar refractivity (Wildman–Crippen MR) is 129 cm³/mol. The second-order valence-electron chi connectivity index (χ2n) is 8.40. The smallest absolute Gasteiger partial charge is 0.321 e. The summed E-state index contributed by atoms with van der Waals surface area (Å²) in [4.78, 5) is 37.7. The van der Waals surface area contributed by atoms with Crippen molar-refractivity contribution in [3.63, 3.8) is 0 Å². The van der Waals surface area contributed by atoms with E-state index in [0.29, 0.717) is 40.5 Å². The first-order valence-electron chi connectivity index (χ1n) is 11.1. The van der Waals surface area contributed by atoms with Crippen LogP contribution in [0.2, 0.25) is 0 Å². The van der Waals surface area contributed by atoms with Gasteiger partial charge in [-0.3, -0.25) is 14.9 Å². The Kier molecular flexibility index (Phi) is 5.80. The van der Waals surface area contributed by atoms with Gasteiger partial charge in [0.15, 0.2) is 5.82 Å². The Bertz CT molecular complexity index is 1470. The number of nitrogens with two attached hydrogens (primary N) is 1. The van der Waals surface area contributed by atoms with E-state index in [9.17, 15) is 14.4 Å². The van der Waals surface area contributed by atoms with Gasteiger partial charge >= 0.3 is 6.03 Å². The van der Waals surface area contributed by atoms with Crippen molar-refractivity contribution < 1.29 is 28.1 Å². The second-order valence-corrected chi connectivity index (χ2v) is 8.40. The second kappa shape index (κ2) is 9.10. The van der Waals surface area contributed by atoms with Gasteiger partial charge in [-0.2, -0.15) is 0 Å². The van der Waals surface area contributed by atoms with Gasteiger partial charge in [-0.15, -0.1) is 0 Å². The van der Waals surface area contributed by atoms with E-state index >= 15 is 0 Å². The highest BCUT2D eigenvalue weighted by Crippen LogP contribution is 2.34. The minimum atomic E-state index is -0.733. The molecule has 1 aliphatic heterocycles. The number of fused-ring (bicyclic) bond motifs is 2. The molecule has 36 heavy (non-hydrogen) atoms. The quantitative estimate of drug-likeness (QED) is 0.335. The van der Waals surface area contributed by atoms with E-state index in [1.54, 1.807) is 36.1 Å². The fourth-order valence-corrected chi connectivity index (χ4v) is 4.43. The van der Waals surface area contributed by atoms with Crippen LogP contribution < -0.4 is 21.1 Å². The molecule has 0 fully saturated rings. The highest BCUT2D eigenvalue weighted by atomic mass is 16.5. The molecule has 3 heterocycles. The van der Waals surface area contributed by atoms with Crippen molar-refractivity contribution in [2.24, 2.45) is 0 Å². The van der Waals surface area contributed by atoms with E-state index < -0.39 is 12.1 Å². The van der Waals surface area contributed by atoms with Crippen LogP contribution in [0.15, 0.2) is 51.4 Å². The Hall–Kier alpha value is -4.80. The molecule has 2 aromatic carbocycles. The summed E-state index contributed by atoms with van der Waals surface area (Å²) < 4.78 is 16.4. The molecule has 4 aromatic rings. The van der Waals surface area contributed by atoms with Gasteiger partial charge in [-0.25, -0.2) is 4.79 Å². The number of methoxy groups -OCH3 is 1. The van der Waals surface area contributed by atoms with Gasteiger partial charge in [0.2, 0.25) is 6.41 Å². The van der Waals surface area contributed by atoms with Crippen LogP contribution in [0.3, 0.4) is 0 Å². The lowest BCUT2D eigenvalue weighted by Gasteiger charge is -2.23. The standard InChI is InChI=1S/C25H23N5O6/c1-13-22(23(26)29-36-13)14-4-6-20-16(7-14)8-21(35-20)19(28-25(33)27-12-31)11-30-10-15-3-5-17(34-2)9-18(15)24(30)32/h3-9,12,19H,10-11H2,1-2H3,(H2,26,29)(H2,27,28,31,33). The van der Waals surface area contributed by atoms with Crippen molar-refractivity contribution in [2.45, 2.75) is 19.5 Å². The third-order valence-corrected chi connectivity index (χ3v) is 6.15. The lowest BCUT2D eigenvalue weighted by Crippen LogP contribution is -2.42. The number of aryl methyl sites for hydroxylation is 1. The highest BCUT2D eigenvalue weighted by molar-refractivity contribution is 5.99. The predicted octanol–water partition coefficient (Wildman–Crippen LogP) is 3.14. The van der Waals surface area contributed by atoms with E-state index in [0.717, 1.165) is 16.5 Å². The van der Waals surface area contributed by atoms with Gasteiger partial charge in [0, 0.05) is 24.0 Å². The molecule has 1 atom stereocenters. The summed E-state index contributed by atoms with van der Waals surface area (Å²) in [6.45, 7) is 2.25. The number of amides is 4. The van der Waals surface area contributed by atoms with Crippen LogP contribution in [0.1, 0.15) is 33.5 Å². The summed E-state index contributed by atoms with van der Waals surface area (Å²) in [6.07, 6.45) is 0.284. The molecule has 4 amide bonds. The summed E-state index contributed by atoms with van der Waals surface area (Å²) in [5.41, 5.74) is 9.42. The molecule has 4 N–H and O–H groups in total. The number of imide groups is 1. The number of furan rings is 1. The maximum atomic E-state index is 13.1. The zero-order valence-corrected chi connectivity index (χ0v) is 19.5. The van der Waals surface area contributed by atoms with Crippen molar-refractivity contribution in [3.8, 4) is 16.9 Å². The maximum absolute atomic E-state index is 13.1. The highest BCUT2D eigenvalue weighted by Gasteiger charge is 2.32. The van der Waals surface area contributed by atoms with Crippen molar-refractivity contribution in [1.29, 1.82) is 0 Å². The Balaban J connectivity index is 1.46. The summed E-state index contributed by atoms with van der Waals surface area (Å²) in [7, 11) is 1.54. The normalized spacial score (nSPS) is 13.5. The summed E-state index contributed by atoms with van der Waals surface area (Å²) in [5.74, 6) is 1.68. The zero-order chi connectivity index (χ0) is 25.4. The number of hydrogen-bond acceptors (Lipinski definition) is 8. The fourth-order valence-electron chi connectivity index (χ4n) is 4.43. The van der Waals surface area contributed by atoms with E-state index in [1.807, 2.05) is 18.2 Å². The fraction of sp³-hybridized carbons (Fsp3) is 0.200.